The van der Waals surface area contributed by atoms with Crippen LogP contribution < -0.4 is 5.73 Å². The molecule has 0 spiro atoms. The highest BCUT2D eigenvalue weighted by atomic mass is 19.2. The topological polar surface area (TPSA) is 52.3 Å². The standard InChI is InChI=1S/C9H9F2NO2/c1-2-14-9(13)5-3-6(10)7(11)4-8(5)12/h3-4H,2,12H2,1H3. The average Bonchev–Trinajstić information content (AvgIpc) is 2.11. The van der Waals surface area contributed by atoms with Crippen LogP contribution in [-0.4, -0.2) is 12.6 Å². The van der Waals surface area contributed by atoms with Gasteiger partial charge in [0, 0.05) is 11.8 Å². The lowest BCUT2D eigenvalue weighted by Gasteiger charge is -2.05. The minimum Gasteiger partial charge on any atom is -0.462 e. The molecule has 0 fully saturated rings. The van der Waals surface area contributed by atoms with Crippen LogP contribution in [0.1, 0.15) is 17.3 Å². The SMILES string of the molecule is CCOC(=O)c1cc(F)c(F)cc1N. The lowest BCUT2D eigenvalue weighted by atomic mass is 10.1. The summed E-state index contributed by atoms with van der Waals surface area (Å²) in [4.78, 5) is 11.1. The smallest absolute Gasteiger partial charge is 0.340 e. The second-order valence-electron chi connectivity index (χ2n) is 2.57. The summed E-state index contributed by atoms with van der Waals surface area (Å²) in [7, 11) is 0. The number of esters is 1. The summed E-state index contributed by atoms with van der Waals surface area (Å²) in [5.41, 5.74) is 5.02. The molecular weight excluding hydrogens is 192 g/mol. The summed E-state index contributed by atoms with van der Waals surface area (Å²) in [6, 6.07) is 1.48. The number of ether oxygens (including phenoxy) is 1. The van der Waals surface area contributed by atoms with Gasteiger partial charge in [0.15, 0.2) is 11.6 Å². The highest BCUT2D eigenvalue weighted by Gasteiger charge is 2.14. The van der Waals surface area contributed by atoms with Crippen molar-refractivity contribution in [3.8, 4) is 0 Å². The van der Waals surface area contributed by atoms with Gasteiger partial charge in [0.2, 0.25) is 0 Å². The predicted octanol–water partition coefficient (Wildman–Crippen LogP) is 1.72. The second kappa shape index (κ2) is 4.04. The maximum atomic E-state index is 12.7. The van der Waals surface area contributed by atoms with Gasteiger partial charge in [-0.3, -0.25) is 0 Å². The molecule has 0 aliphatic rings. The summed E-state index contributed by atoms with van der Waals surface area (Å²) in [5, 5.41) is 0. The summed E-state index contributed by atoms with van der Waals surface area (Å²) in [5.74, 6) is -2.97. The Bertz CT molecular complexity index is 366. The quantitative estimate of drug-likeness (QED) is 0.585. The number of benzene rings is 1. The zero-order valence-electron chi connectivity index (χ0n) is 7.51. The maximum Gasteiger partial charge on any atom is 0.340 e. The Balaban J connectivity index is 3.09. The molecular formula is C9H9F2NO2. The second-order valence-corrected chi connectivity index (χ2v) is 2.57. The molecule has 0 saturated heterocycles. The van der Waals surface area contributed by atoms with Crippen LogP contribution in [0.3, 0.4) is 0 Å². The van der Waals surface area contributed by atoms with Crippen LogP contribution in [0.5, 0.6) is 0 Å². The Morgan fingerprint density at radius 3 is 2.57 bits per heavy atom. The monoisotopic (exact) mass is 201 g/mol. The minimum atomic E-state index is -1.12. The fourth-order valence-electron chi connectivity index (χ4n) is 0.948. The molecule has 0 aliphatic heterocycles. The van der Waals surface area contributed by atoms with Gasteiger partial charge in [-0.05, 0) is 13.0 Å². The van der Waals surface area contributed by atoms with Gasteiger partial charge in [0.25, 0.3) is 0 Å². The van der Waals surface area contributed by atoms with Crippen LogP contribution in [0.25, 0.3) is 0 Å². The largest absolute Gasteiger partial charge is 0.462 e. The van der Waals surface area contributed by atoms with E-state index in [2.05, 4.69) is 4.74 Å². The number of rotatable bonds is 2. The zero-order valence-corrected chi connectivity index (χ0v) is 7.51. The molecule has 0 atom stereocenters. The van der Waals surface area contributed by atoms with Crippen molar-refractivity contribution in [3.05, 3.63) is 29.3 Å². The fraction of sp³-hybridized carbons (Fsp3) is 0.222. The first-order valence-corrected chi connectivity index (χ1v) is 3.98. The number of carbonyl (C=O) groups is 1. The predicted molar refractivity (Wildman–Crippen MR) is 46.7 cm³/mol. The third-order valence-electron chi connectivity index (χ3n) is 1.59. The molecule has 5 heteroatoms. The molecule has 76 valence electrons. The molecule has 0 unspecified atom stereocenters. The molecule has 3 nitrogen and oxygen atoms in total. The van der Waals surface area contributed by atoms with Crippen molar-refractivity contribution in [2.45, 2.75) is 6.92 Å². The van der Waals surface area contributed by atoms with Gasteiger partial charge in [-0.1, -0.05) is 0 Å². The van der Waals surface area contributed by atoms with Crippen LogP contribution in [0.15, 0.2) is 12.1 Å². The Hall–Kier alpha value is -1.65. The highest BCUT2D eigenvalue weighted by molar-refractivity contribution is 5.95. The van der Waals surface area contributed by atoms with Crippen LogP contribution in [0.2, 0.25) is 0 Å². The number of nitrogens with two attached hydrogens (primary N) is 1. The van der Waals surface area contributed by atoms with E-state index in [0.29, 0.717) is 0 Å². The van der Waals surface area contributed by atoms with Crippen molar-refractivity contribution in [1.82, 2.24) is 0 Å². The van der Waals surface area contributed by atoms with Gasteiger partial charge in [0.1, 0.15) is 0 Å². The molecule has 0 radical (unpaired) electrons. The summed E-state index contributed by atoms with van der Waals surface area (Å²) < 4.78 is 29.9. The van der Waals surface area contributed by atoms with Gasteiger partial charge in [-0.2, -0.15) is 0 Å². The van der Waals surface area contributed by atoms with Crippen LogP contribution >= 0.6 is 0 Å². The normalized spacial score (nSPS) is 9.93. The lowest BCUT2D eigenvalue weighted by molar-refractivity contribution is 0.0527. The molecule has 0 bridgehead atoms. The third-order valence-corrected chi connectivity index (χ3v) is 1.59. The van der Waals surface area contributed by atoms with Crippen LogP contribution in [-0.2, 0) is 4.74 Å². The Morgan fingerprint density at radius 1 is 1.43 bits per heavy atom. The van der Waals surface area contributed by atoms with E-state index in [0.717, 1.165) is 12.1 Å². The summed E-state index contributed by atoms with van der Waals surface area (Å²) in [6.07, 6.45) is 0. The van der Waals surface area contributed by atoms with E-state index in [1.54, 1.807) is 6.92 Å². The van der Waals surface area contributed by atoms with Crippen molar-refractivity contribution in [2.75, 3.05) is 12.3 Å². The van der Waals surface area contributed by atoms with Gasteiger partial charge in [-0.25, -0.2) is 13.6 Å². The van der Waals surface area contributed by atoms with Gasteiger partial charge >= 0.3 is 5.97 Å². The van der Waals surface area contributed by atoms with Crippen LogP contribution in [0.4, 0.5) is 14.5 Å². The van der Waals surface area contributed by atoms with E-state index in [9.17, 15) is 13.6 Å². The first kappa shape index (κ1) is 10.4. The van der Waals surface area contributed by atoms with Crippen molar-refractivity contribution < 1.29 is 18.3 Å². The molecule has 0 saturated carbocycles. The maximum absolute atomic E-state index is 12.7. The van der Waals surface area contributed by atoms with E-state index < -0.39 is 17.6 Å². The minimum absolute atomic E-state index is 0.137. The van der Waals surface area contributed by atoms with Gasteiger partial charge in [0.05, 0.1) is 12.2 Å². The number of anilines is 1. The van der Waals surface area contributed by atoms with Gasteiger partial charge in [-0.15, -0.1) is 0 Å². The first-order chi connectivity index (χ1) is 6.56. The number of nitrogen functional groups attached to an aromatic ring is 1. The first-order valence-electron chi connectivity index (χ1n) is 3.98. The molecule has 1 rings (SSSR count). The number of hydrogen-bond donors (Lipinski definition) is 1. The zero-order chi connectivity index (χ0) is 10.7. The van der Waals surface area contributed by atoms with E-state index in [1.165, 1.54) is 0 Å². The number of hydrogen-bond acceptors (Lipinski definition) is 3. The Kier molecular flexibility index (Phi) is 3.01. The molecule has 0 amide bonds. The van der Waals surface area contributed by atoms with Crippen LogP contribution in [0, 0.1) is 11.6 Å². The Labute approximate surface area is 79.5 Å². The number of carbonyl (C=O) groups excluding carboxylic acids is 1. The molecule has 0 heterocycles. The van der Waals surface area contributed by atoms with E-state index in [4.69, 9.17) is 5.73 Å². The molecule has 0 aliphatic carbocycles. The fourth-order valence-corrected chi connectivity index (χ4v) is 0.948. The van der Waals surface area contributed by atoms with Crippen molar-refractivity contribution >= 4 is 11.7 Å². The van der Waals surface area contributed by atoms with E-state index in [-0.39, 0.29) is 17.9 Å². The summed E-state index contributed by atoms with van der Waals surface area (Å²) in [6.45, 7) is 1.76. The van der Waals surface area contributed by atoms with E-state index >= 15 is 0 Å². The van der Waals surface area contributed by atoms with Crippen molar-refractivity contribution in [3.63, 3.8) is 0 Å². The molecule has 1 aromatic rings. The van der Waals surface area contributed by atoms with Crippen molar-refractivity contribution in [2.24, 2.45) is 0 Å². The molecule has 1 aromatic carbocycles. The number of halogens is 2. The lowest BCUT2D eigenvalue weighted by Crippen LogP contribution is -2.09. The average molecular weight is 201 g/mol. The molecule has 0 aromatic heterocycles. The summed E-state index contributed by atoms with van der Waals surface area (Å²) >= 11 is 0. The van der Waals surface area contributed by atoms with Gasteiger partial charge < -0.3 is 10.5 Å². The molecule has 2 N–H and O–H groups in total. The van der Waals surface area contributed by atoms with Crippen molar-refractivity contribution in [1.29, 1.82) is 0 Å². The highest BCUT2D eigenvalue weighted by Crippen LogP contribution is 2.17. The third kappa shape index (κ3) is 1.99. The Morgan fingerprint density at radius 2 is 2.00 bits per heavy atom. The van der Waals surface area contributed by atoms with E-state index in [1.807, 2.05) is 0 Å². The molecule has 14 heavy (non-hydrogen) atoms.